The van der Waals surface area contributed by atoms with Gasteiger partial charge in [-0.1, -0.05) is 39.5 Å². The van der Waals surface area contributed by atoms with Crippen LogP contribution in [0.3, 0.4) is 0 Å². The lowest BCUT2D eigenvalue weighted by atomic mass is 9.87. The maximum atomic E-state index is 13.0. The number of fused-ring (bicyclic) bond motifs is 1. The summed E-state index contributed by atoms with van der Waals surface area (Å²) in [6, 6.07) is 5.60. The lowest BCUT2D eigenvalue weighted by Gasteiger charge is -2.30. The van der Waals surface area contributed by atoms with Crippen molar-refractivity contribution in [1.82, 2.24) is 34.5 Å². The highest BCUT2D eigenvalue weighted by Crippen LogP contribution is 2.61. The van der Waals surface area contributed by atoms with Crippen LogP contribution in [0.5, 0.6) is 0 Å². The minimum Gasteiger partial charge on any atom is -0.386 e. The SMILES string of the molecule is CCCN(CCC)S(=O)(=O)c1ccc(C(=O)SCCNC(=O)CCNC(=O)C(O)C(C)(C)COP(=O)(O)OP(=O)(O)OCC2OC(n3cnc4c(N)ncnc43)C(O)C2OP(=O)(O)O)cc1. The molecule has 1 saturated heterocycles. The number of hydrogen-bond donors (Lipinski definition) is 9. The van der Waals surface area contributed by atoms with Crippen LogP contribution in [0.4, 0.5) is 5.82 Å². The Morgan fingerprint density at radius 2 is 1.62 bits per heavy atom. The number of benzene rings is 1. The van der Waals surface area contributed by atoms with Crippen LogP contribution in [0, 0.1) is 5.41 Å². The van der Waals surface area contributed by atoms with Crippen molar-refractivity contribution in [1.29, 1.82) is 0 Å². The number of aliphatic hydroxyl groups excluding tert-OH is 2. The summed E-state index contributed by atoms with van der Waals surface area (Å²) in [7, 11) is -20.2. The second-order valence-electron chi connectivity index (χ2n) is 15.1. The molecule has 2 amide bonds. The number of nitrogen functional groups attached to an aromatic ring is 1. The van der Waals surface area contributed by atoms with Crippen LogP contribution in [0.15, 0.2) is 41.8 Å². The number of nitrogens with one attached hydrogen (secondary N) is 2. The van der Waals surface area contributed by atoms with E-state index in [-0.39, 0.29) is 57.8 Å². The smallest absolute Gasteiger partial charge is 0.386 e. The maximum absolute atomic E-state index is 13.0. The minimum absolute atomic E-state index is 0.0183. The minimum atomic E-state index is -5.60. The van der Waals surface area contributed by atoms with Gasteiger partial charge < -0.3 is 50.9 Å². The van der Waals surface area contributed by atoms with Gasteiger partial charge in [0.2, 0.25) is 27.0 Å². The fourth-order valence-electron chi connectivity index (χ4n) is 6.12. The van der Waals surface area contributed by atoms with Crippen LogP contribution in [0.25, 0.3) is 11.2 Å². The van der Waals surface area contributed by atoms with Crippen LogP contribution in [-0.2, 0) is 55.9 Å². The quantitative estimate of drug-likeness (QED) is 0.0396. The van der Waals surface area contributed by atoms with E-state index in [1.54, 1.807) is 0 Å². The van der Waals surface area contributed by atoms with E-state index in [4.69, 9.17) is 19.5 Å². The molecule has 3 aromatic rings. The second kappa shape index (κ2) is 23.3. The standard InChI is InChI=1S/C34H53N8O19P3S2/c1-5-14-41(15-6-2)66(55,56)22-9-7-21(8-10-22)33(47)65-16-13-36-24(43)11-12-37-31(46)28(45)34(3,4)18-58-64(53,54)61-63(51,52)57-17-23-27(60-62(48,49)50)26(44)32(59-23)42-20-40-25-29(35)38-19-39-30(25)42/h7-10,19-20,23,26-28,32,44-45H,5-6,11-18H2,1-4H3,(H,36,43)(H,37,46)(H,51,52)(H,53,54)(H2,35,38,39)(H2,48,49,50). The first-order valence-corrected chi connectivity index (χ1v) is 26.8. The molecule has 0 bridgehead atoms. The number of nitrogens with zero attached hydrogens (tertiary/aromatic N) is 5. The Morgan fingerprint density at radius 3 is 2.24 bits per heavy atom. The van der Waals surface area contributed by atoms with Gasteiger partial charge in [-0.15, -0.1) is 0 Å². The molecule has 7 unspecified atom stereocenters. The zero-order chi connectivity index (χ0) is 49.3. The summed E-state index contributed by atoms with van der Waals surface area (Å²) in [6.07, 6.45) is -5.83. The molecular weight excluding hydrogens is 981 g/mol. The summed E-state index contributed by atoms with van der Waals surface area (Å²) >= 11 is 0.899. The van der Waals surface area contributed by atoms with Crippen molar-refractivity contribution in [3.05, 3.63) is 42.5 Å². The molecule has 0 radical (unpaired) electrons. The first-order chi connectivity index (χ1) is 30.7. The molecule has 7 atom stereocenters. The van der Waals surface area contributed by atoms with Gasteiger partial charge in [-0.25, -0.2) is 37.1 Å². The van der Waals surface area contributed by atoms with Gasteiger partial charge in [0.25, 0.3) is 0 Å². The molecule has 0 spiro atoms. The van der Waals surface area contributed by atoms with E-state index in [9.17, 15) is 66.3 Å². The lowest BCUT2D eigenvalue weighted by molar-refractivity contribution is -0.137. The summed E-state index contributed by atoms with van der Waals surface area (Å²) in [5, 5.41) is 26.1. The van der Waals surface area contributed by atoms with Crippen molar-refractivity contribution in [3.8, 4) is 0 Å². The van der Waals surface area contributed by atoms with Gasteiger partial charge in [-0.2, -0.15) is 8.62 Å². The highest BCUT2D eigenvalue weighted by molar-refractivity contribution is 8.14. The first-order valence-electron chi connectivity index (χ1n) is 19.9. The Hall–Kier alpha value is -3.31. The molecule has 370 valence electrons. The second-order valence-corrected chi connectivity index (χ2v) is 22.4. The zero-order valence-corrected chi connectivity index (χ0v) is 40.2. The number of aromatic nitrogens is 4. The van der Waals surface area contributed by atoms with Gasteiger partial charge in [0.1, 0.15) is 36.3 Å². The number of nitrogens with two attached hydrogens (primary N) is 1. The van der Waals surface area contributed by atoms with Crippen molar-refractivity contribution in [2.45, 2.75) is 82.5 Å². The average Bonchev–Trinajstić information content (AvgIpc) is 3.80. The van der Waals surface area contributed by atoms with Gasteiger partial charge >= 0.3 is 23.5 Å². The normalized spacial score (nSPS) is 20.5. The predicted molar refractivity (Wildman–Crippen MR) is 232 cm³/mol. The van der Waals surface area contributed by atoms with E-state index in [1.807, 2.05) is 13.8 Å². The molecule has 1 fully saturated rings. The molecule has 32 heteroatoms. The molecule has 27 nitrogen and oxygen atoms in total. The van der Waals surface area contributed by atoms with E-state index in [1.165, 1.54) is 42.4 Å². The van der Waals surface area contributed by atoms with Crippen molar-refractivity contribution in [2.24, 2.45) is 5.41 Å². The van der Waals surface area contributed by atoms with Gasteiger partial charge in [0.15, 0.2) is 17.7 Å². The van der Waals surface area contributed by atoms with Crippen LogP contribution in [0.1, 0.15) is 63.5 Å². The molecule has 3 heterocycles. The van der Waals surface area contributed by atoms with Crippen molar-refractivity contribution in [3.63, 3.8) is 0 Å². The maximum Gasteiger partial charge on any atom is 0.481 e. The lowest BCUT2D eigenvalue weighted by Crippen LogP contribution is -2.46. The number of sulfonamides is 1. The summed E-state index contributed by atoms with van der Waals surface area (Å²) in [5.74, 6) is -1.41. The zero-order valence-electron chi connectivity index (χ0n) is 35.9. The molecule has 0 saturated carbocycles. The average molecular weight is 1030 g/mol. The molecular formula is C34H53N8O19P3S2. The molecule has 10 N–H and O–H groups in total. The molecule has 1 aromatic carbocycles. The number of aliphatic hydroxyl groups is 2. The first kappa shape index (κ1) is 55.3. The Bertz CT molecular complexity index is 2420. The Kier molecular flexibility index (Phi) is 19.5. The molecule has 1 aliphatic rings. The molecule has 1 aliphatic heterocycles. The monoisotopic (exact) mass is 1030 g/mol. The number of imidazole rings is 1. The largest absolute Gasteiger partial charge is 0.481 e. The number of phosphoric ester groups is 3. The number of hydrogen-bond acceptors (Lipinski definition) is 20. The summed E-state index contributed by atoms with van der Waals surface area (Å²) in [6.45, 7) is 4.71. The molecule has 0 aliphatic carbocycles. The Balaban J connectivity index is 1.19. The third-order valence-corrected chi connectivity index (χ3v) is 15.3. The number of rotatable bonds is 26. The van der Waals surface area contributed by atoms with Gasteiger partial charge in [0, 0.05) is 49.3 Å². The third-order valence-electron chi connectivity index (χ3n) is 9.41. The third kappa shape index (κ3) is 15.3. The van der Waals surface area contributed by atoms with Crippen LogP contribution < -0.4 is 16.4 Å². The molecule has 4 rings (SSSR count). The highest BCUT2D eigenvalue weighted by Gasteiger charge is 2.50. The van der Waals surface area contributed by atoms with E-state index in [2.05, 4.69) is 34.4 Å². The van der Waals surface area contributed by atoms with Crippen molar-refractivity contribution < 1.29 is 88.9 Å². The van der Waals surface area contributed by atoms with Crippen molar-refractivity contribution in [2.75, 3.05) is 50.9 Å². The summed E-state index contributed by atoms with van der Waals surface area (Å²) < 4.78 is 89.7. The fraction of sp³-hybridized carbons (Fsp3) is 0.588. The van der Waals surface area contributed by atoms with Gasteiger partial charge in [-0.3, -0.25) is 32.5 Å². The van der Waals surface area contributed by atoms with E-state index in [0.29, 0.717) is 25.9 Å². The molecule has 66 heavy (non-hydrogen) atoms. The number of carbonyl (C=O) groups is 3. The van der Waals surface area contributed by atoms with Crippen LogP contribution >= 0.6 is 35.2 Å². The highest BCUT2D eigenvalue weighted by atomic mass is 32.2. The predicted octanol–water partition coefficient (Wildman–Crippen LogP) is 0.789. The van der Waals surface area contributed by atoms with E-state index < -0.39 is 94.6 Å². The van der Waals surface area contributed by atoms with Crippen molar-refractivity contribution >= 4 is 79.2 Å². The van der Waals surface area contributed by atoms with Gasteiger partial charge in [-0.05, 0) is 37.1 Å². The van der Waals surface area contributed by atoms with Crippen LogP contribution in [-0.4, -0.2) is 149 Å². The number of carbonyl (C=O) groups excluding carboxylic acids is 3. The fourth-order valence-corrected chi connectivity index (χ4v) is 11.3. The Morgan fingerprint density at radius 1 is 0.985 bits per heavy atom. The summed E-state index contributed by atoms with van der Waals surface area (Å²) in [5.41, 5.74) is 4.48. The van der Waals surface area contributed by atoms with E-state index >= 15 is 0 Å². The van der Waals surface area contributed by atoms with E-state index in [0.717, 1.165) is 29.0 Å². The molecule has 2 aromatic heterocycles. The number of thioether (sulfide) groups is 1. The number of phosphoric acid groups is 3. The number of amides is 2. The topological polar surface area (TPSA) is 401 Å². The van der Waals surface area contributed by atoms with Gasteiger partial charge in [0.05, 0.1) is 24.4 Å². The van der Waals surface area contributed by atoms with Crippen LogP contribution in [0.2, 0.25) is 0 Å². The Labute approximate surface area is 382 Å². The number of anilines is 1. The summed E-state index contributed by atoms with van der Waals surface area (Å²) in [4.78, 5) is 88.9. The number of ether oxygens (including phenoxy) is 1.